The number of nitrogens with zero attached hydrogens (tertiary/aromatic N) is 2. The fourth-order valence-corrected chi connectivity index (χ4v) is 4.19. The molecule has 0 bridgehead atoms. The van der Waals surface area contributed by atoms with E-state index in [1.165, 1.54) is 17.7 Å². The maximum Gasteiger partial charge on any atom is 0.221 e. The Kier molecular flexibility index (Phi) is 12.0. The smallest absolute Gasteiger partial charge is 0.221 e. The van der Waals surface area contributed by atoms with E-state index in [9.17, 15) is 4.79 Å². The predicted octanol–water partition coefficient (Wildman–Crippen LogP) is 3.22. The lowest BCUT2D eigenvalue weighted by atomic mass is 9.97. The predicted molar refractivity (Wildman–Crippen MR) is 130 cm³/mol. The number of thiophene rings is 1. The SMILES string of the molecule is CN=C(NCCC(=O)NC(C)C)NCC(c1cccs1)N1CCC(C)CC1.I. The Morgan fingerprint density at radius 3 is 2.61 bits per heavy atom. The number of likely N-dealkylation sites (tertiary alicyclic amines) is 1. The quantitative estimate of drug-likeness (QED) is 0.279. The van der Waals surface area contributed by atoms with Gasteiger partial charge in [-0.3, -0.25) is 14.7 Å². The zero-order chi connectivity index (χ0) is 19.6. The maximum atomic E-state index is 11.8. The van der Waals surface area contributed by atoms with E-state index in [1.807, 2.05) is 25.2 Å². The molecule has 1 unspecified atom stereocenters. The Morgan fingerprint density at radius 2 is 2.04 bits per heavy atom. The molecule has 1 aliphatic rings. The molecule has 0 saturated carbocycles. The number of carbonyl (C=O) groups is 1. The Hall–Kier alpha value is -0.870. The fourth-order valence-electron chi connectivity index (χ4n) is 3.33. The Balaban J connectivity index is 0.00000392. The second-order valence-electron chi connectivity index (χ2n) is 7.60. The number of aliphatic imine (C=N–C) groups is 1. The highest BCUT2D eigenvalue weighted by atomic mass is 127. The van der Waals surface area contributed by atoms with Gasteiger partial charge in [0.25, 0.3) is 0 Å². The number of piperidine rings is 1. The largest absolute Gasteiger partial charge is 0.356 e. The van der Waals surface area contributed by atoms with Crippen LogP contribution >= 0.6 is 35.3 Å². The highest BCUT2D eigenvalue weighted by Crippen LogP contribution is 2.28. The second kappa shape index (κ2) is 13.4. The first-order valence-electron chi connectivity index (χ1n) is 10.0. The summed E-state index contributed by atoms with van der Waals surface area (Å²) in [6.07, 6.45) is 2.97. The Bertz CT molecular complexity index is 585. The van der Waals surface area contributed by atoms with Gasteiger partial charge in [0.15, 0.2) is 5.96 Å². The third kappa shape index (κ3) is 8.65. The number of nitrogens with one attached hydrogen (secondary N) is 3. The molecule has 0 spiro atoms. The summed E-state index contributed by atoms with van der Waals surface area (Å²) in [5.41, 5.74) is 0. The molecule has 0 aromatic carbocycles. The van der Waals surface area contributed by atoms with Gasteiger partial charge in [-0.2, -0.15) is 0 Å². The molecule has 28 heavy (non-hydrogen) atoms. The molecule has 1 fully saturated rings. The van der Waals surface area contributed by atoms with Crippen LogP contribution in [0.2, 0.25) is 0 Å². The van der Waals surface area contributed by atoms with E-state index in [0.29, 0.717) is 19.0 Å². The molecule has 1 aromatic heterocycles. The lowest BCUT2D eigenvalue weighted by Gasteiger charge is -2.36. The van der Waals surface area contributed by atoms with E-state index in [-0.39, 0.29) is 35.9 Å². The van der Waals surface area contributed by atoms with Crippen LogP contribution in [-0.2, 0) is 4.79 Å². The minimum absolute atomic E-state index is 0. The number of guanidine groups is 1. The highest BCUT2D eigenvalue weighted by Gasteiger charge is 2.25. The molecule has 8 heteroatoms. The molecule has 0 radical (unpaired) electrons. The van der Waals surface area contributed by atoms with Crippen LogP contribution in [0.25, 0.3) is 0 Å². The van der Waals surface area contributed by atoms with Crippen LogP contribution in [-0.4, -0.2) is 56.0 Å². The van der Waals surface area contributed by atoms with Crippen molar-refractivity contribution in [2.75, 3.05) is 33.2 Å². The summed E-state index contributed by atoms with van der Waals surface area (Å²) < 4.78 is 0. The zero-order valence-corrected chi connectivity index (χ0v) is 20.7. The average Bonchev–Trinajstić information content (AvgIpc) is 3.15. The van der Waals surface area contributed by atoms with Crippen LogP contribution in [0.4, 0.5) is 0 Å². The molecule has 1 saturated heterocycles. The van der Waals surface area contributed by atoms with Gasteiger partial charge in [0.1, 0.15) is 0 Å². The van der Waals surface area contributed by atoms with Crippen molar-refractivity contribution < 1.29 is 4.79 Å². The molecule has 1 amide bonds. The van der Waals surface area contributed by atoms with Crippen LogP contribution in [0, 0.1) is 5.92 Å². The van der Waals surface area contributed by atoms with E-state index >= 15 is 0 Å². The molecule has 6 nitrogen and oxygen atoms in total. The van der Waals surface area contributed by atoms with Crippen molar-refractivity contribution in [3.05, 3.63) is 22.4 Å². The molecule has 0 aliphatic carbocycles. The summed E-state index contributed by atoms with van der Waals surface area (Å²) in [5.74, 6) is 1.63. The van der Waals surface area contributed by atoms with Crippen molar-refractivity contribution in [3.63, 3.8) is 0 Å². The second-order valence-corrected chi connectivity index (χ2v) is 8.58. The first-order chi connectivity index (χ1) is 13.0. The molecule has 2 rings (SSSR count). The number of halogens is 1. The molecule has 160 valence electrons. The third-order valence-corrected chi connectivity index (χ3v) is 5.88. The summed E-state index contributed by atoms with van der Waals surface area (Å²) in [7, 11) is 1.77. The number of hydrogen-bond donors (Lipinski definition) is 3. The van der Waals surface area contributed by atoms with E-state index in [0.717, 1.165) is 31.5 Å². The highest BCUT2D eigenvalue weighted by molar-refractivity contribution is 14.0. The third-order valence-electron chi connectivity index (χ3n) is 4.91. The lowest BCUT2D eigenvalue weighted by Crippen LogP contribution is -2.45. The van der Waals surface area contributed by atoms with E-state index < -0.39 is 0 Å². The topological polar surface area (TPSA) is 68.8 Å². The molecule has 1 aliphatic heterocycles. The van der Waals surface area contributed by atoms with Crippen molar-refractivity contribution in [1.29, 1.82) is 0 Å². The van der Waals surface area contributed by atoms with Crippen molar-refractivity contribution >= 4 is 47.2 Å². The molecule has 1 atom stereocenters. The monoisotopic (exact) mass is 521 g/mol. The number of carbonyl (C=O) groups excluding carboxylic acids is 1. The Morgan fingerprint density at radius 1 is 1.32 bits per heavy atom. The van der Waals surface area contributed by atoms with Crippen LogP contribution in [0.5, 0.6) is 0 Å². The first kappa shape index (κ1) is 25.2. The minimum atomic E-state index is 0. The summed E-state index contributed by atoms with van der Waals surface area (Å²) in [5, 5.41) is 11.8. The minimum Gasteiger partial charge on any atom is -0.356 e. The molecular formula is C20H36IN5OS. The fraction of sp³-hybridized carbons (Fsp3) is 0.700. The van der Waals surface area contributed by atoms with Gasteiger partial charge in [-0.1, -0.05) is 13.0 Å². The molecule has 3 N–H and O–H groups in total. The van der Waals surface area contributed by atoms with Gasteiger partial charge >= 0.3 is 0 Å². The van der Waals surface area contributed by atoms with Crippen LogP contribution in [0.3, 0.4) is 0 Å². The van der Waals surface area contributed by atoms with E-state index in [4.69, 9.17) is 0 Å². The van der Waals surface area contributed by atoms with Gasteiger partial charge in [0, 0.05) is 37.5 Å². The van der Waals surface area contributed by atoms with Crippen molar-refractivity contribution in [1.82, 2.24) is 20.9 Å². The number of hydrogen-bond acceptors (Lipinski definition) is 4. The standard InChI is InChI=1S/C20H35N5OS.HI/c1-15(2)24-19(26)7-10-22-20(21-4)23-14-17(18-6-5-13-27-18)25-11-8-16(3)9-12-25;/h5-6,13,15-17H,7-12,14H2,1-4H3,(H,24,26)(H2,21,22,23);1H. The normalized spacial score (nSPS) is 17.1. The lowest BCUT2D eigenvalue weighted by molar-refractivity contribution is -0.121. The molecular weight excluding hydrogens is 485 g/mol. The molecule has 2 heterocycles. The van der Waals surface area contributed by atoms with E-state index in [2.05, 4.69) is 50.3 Å². The van der Waals surface area contributed by atoms with Crippen LogP contribution in [0.15, 0.2) is 22.5 Å². The van der Waals surface area contributed by atoms with E-state index in [1.54, 1.807) is 7.05 Å². The van der Waals surface area contributed by atoms with Gasteiger partial charge in [0.2, 0.25) is 5.91 Å². The molecule has 1 aromatic rings. The van der Waals surface area contributed by atoms with Gasteiger partial charge in [-0.15, -0.1) is 35.3 Å². The maximum absolute atomic E-state index is 11.8. The van der Waals surface area contributed by atoms with Gasteiger partial charge in [0.05, 0.1) is 6.04 Å². The van der Waals surface area contributed by atoms with Crippen LogP contribution in [0.1, 0.15) is 51.0 Å². The van der Waals surface area contributed by atoms with Crippen molar-refractivity contribution in [3.8, 4) is 0 Å². The first-order valence-corrected chi connectivity index (χ1v) is 10.9. The summed E-state index contributed by atoms with van der Waals surface area (Å²) in [6, 6.07) is 4.88. The average molecular weight is 522 g/mol. The number of rotatable bonds is 8. The van der Waals surface area contributed by atoms with Crippen molar-refractivity contribution in [2.24, 2.45) is 10.9 Å². The zero-order valence-electron chi connectivity index (χ0n) is 17.5. The summed E-state index contributed by atoms with van der Waals surface area (Å²) >= 11 is 1.82. The van der Waals surface area contributed by atoms with Gasteiger partial charge in [-0.05, 0) is 57.1 Å². The summed E-state index contributed by atoms with van der Waals surface area (Å²) in [4.78, 5) is 20.0. The summed E-state index contributed by atoms with van der Waals surface area (Å²) in [6.45, 7) is 9.96. The number of amides is 1. The van der Waals surface area contributed by atoms with Crippen LogP contribution < -0.4 is 16.0 Å². The van der Waals surface area contributed by atoms with Gasteiger partial charge in [-0.25, -0.2) is 0 Å². The Labute approximate surface area is 191 Å². The van der Waals surface area contributed by atoms with Crippen molar-refractivity contribution in [2.45, 2.75) is 52.1 Å². The van der Waals surface area contributed by atoms with Gasteiger partial charge < -0.3 is 16.0 Å².